The quantitative estimate of drug-likeness (QED) is 0.704. The van der Waals surface area contributed by atoms with Gasteiger partial charge >= 0.3 is 0 Å². The lowest BCUT2D eigenvalue weighted by Crippen LogP contribution is -2.19. The van der Waals surface area contributed by atoms with Crippen molar-refractivity contribution >= 4 is 11.8 Å². The summed E-state index contributed by atoms with van der Waals surface area (Å²) in [5.74, 6) is 1.09. The second-order valence-electron chi connectivity index (χ2n) is 4.28. The van der Waals surface area contributed by atoms with Crippen molar-refractivity contribution < 1.29 is 4.39 Å². The highest BCUT2D eigenvalue weighted by molar-refractivity contribution is 7.98. The lowest BCUT2D eigenvalue weighted by atomic mass is 10.1. The molecule has 0 aliphatic heterocycles. The Morgan fingerprint density at radius 3 is 2.82 bits per heavy atom. The second kappa shape index (κ2) is 8.54. The van der Waals surface area contributed by atoms with E-state index in [0.717, 1.165) is 12.1 Å². The van der Waals surface area contributed by atoms with Crippen LogP contribution in [0.5, 0.6) is 0 Å². The van der Waals surface area contributed by atoms with Crippen molar-refractivity contribution in [1.82, 2.24) is 5.32 Å². The van der Waals surface area contributed by atoms with E-state index in [-0.39, 0.29) is 11.9 Å². The molecule has 96 valence electrons. The van der Waals surface area contributed by atoms with Gasteiger partial charge in [-0.3, -0.25) is 0 Å². The zero-order valence-corrected chi connectivity index (χ0v) is 11.5. The monoisotopic (exact) mass is 255 g/mol. The summed E-state index contributed by atoms with van der Waals surface area (Å²) in [4.78, 5) is 0. The average molecular weight is 255 g/mol. The molecule has 3 heteroatoms. The topological polar surface area (TPSA) is 12.0 Å². The summed E-state index contributed by atoms with van der Waals surface area (Å²) < 4.78 is 13.0. The Morgan fingerprint density at radius 2 is 2.12 bits per heavy atom. The van der Waals surface area contributed by atoms with Crippen molar-refractivity contribution in [3.63, 3.8) is 0 Å². The van der Waals surface area contributed by atoms with Crippen LogP contribution < -0.4 is 5.32 Å². The highest BCUT2D eigenvalue weighted by Crippen LogP contribution is 2.13. The number of benzene rings is 1. The third-order valence-corrected chi connectivity index (χ3v) is 3.52. The Kier molecular flexibility index (Phi) is 7.29. The van der Waals surface area contributed by atoms with Crippen LogP contribution in [0.1, 0.15) is 37.8 Å². The van der Waals surface area contributed by atoms with Crippen molar-refractivity contribution in [3.8, 4) is 0 Å². The van der Waals surface area contributed by atoms with Crippen LogP contribution >= 0.6 is 11.8 Å². The molecular weight excluding hydrogens is 233 g/mol. The van der Waals surface area contributed by atoms with E-state index in [1.807, 2.05) is 17.8 Å². The Balaban J connectivity index is 2.19. The van der Waals surface area contributed by atoms with E-state index in [4.69, 9.17) is 0 Å². The van der Waals surface area contributed by atoms with Crippen molar-refractivity contribution in [2.24, 2.45) is 0 Å². The molecule has 1 atom stereocenters. The number of thioether (sulfide) groups is 1. The smallest absolute Gasteiger partial charge is 0.123 e. The third kappa shape index (κ3) is 6.08. The van der Waals surface area contributed by atoms with Gasteiger partial charge in [0.2, 0.25) is 0 Å². The van der Waals surface area contributed by atoms with E-state index >= 15 is 0 Å². The van der Waals surface area contributed by atoms with Crippen molar-refractivity contribution in [2.75, 3.05) is 18.6 Å². The zero-order chi connectivity index (χ0) is 12.5. The van der Waals surface area contributed by atoms with Crippen LogP contribution in [0.3, 0.4) is 0 Å². The first-order valence-corrected chi connectivity index (χ1v) is 7.61. The van der Waals surface area contributed by atoms with Gasteiger partial charge in [0, 0.05) is 6.04 Å². The van der Waals surface area contributed by atoms with Gasteiger partial charge in [-0.25, -0.2) is 4.39 Å². The summed E-state index contributed by atoms with van der Waals surface area (Å²) in [5, 5.41) is 3.43. The maximum Gasteiger partial charge on any atom is 0.123 e. The van der Waals surface area contributed by atoms with Crippen LogP contribution in [-0.2, 0) is 0 Å². The second-order valence-corrected chi connectivity index (χ2v) is 5.27. The van der Waals surface area contributed by atoms with Gasteiger partial charge in [0.05, 0.1) is 0 Å². The van der Waals surface area contributed by atoms with E-state index in [0.29, 0.717) is 0 Å². The lowest BCUT2D eigenvalue weighted by molar-refractivity contribution is 0.540. The molecule has 1 unspecified atom stereocenters. The van der Waals surface area contributed by atoms with Gasteiger partial charge in [-0.2, -0.15) is 11.8 Å². The Hall–Kier alpha value is -0.540. The van der Waals surface area contributed by atoms with Crippen LogP contribution in [0.25, 0.3) is 0 Å². The first-order chi connectivity index (χ1) is 8.24. The Bertz CT molecular complexity index is 317. The summed E-state index contributed by atoms with van der Waals surface area (Å²) in [6.07, 6.45) is 5.89. The standard InChI is InChI=1S/C14H22FNS/c1-12(13-7-6-8-14(15)11-13)16-9-4-3-5-10-17-2/h6-8,11-12,16H,3-5,9-10H2,1-2H3. The van der Waals surface area contributed by atoms with Gasteiger partial charge in [0.15, 0.2) is 0 Å². The normalized spacial score (nSPS) is 12.6. The molecule has 0 saturated carbocycles. The predicted octanol–water partition coefficient (Wildman–Crippen LogP) is 4.01. The van der Waals surface area contributed by atoms with E-state index in [1.165, 1.54) is 31.1 Å². The molecule has 0 aliphatic rings. The van der Waals surface area contributed by atoms with Gasteiger partial charge in [0.25, 0.3) is 0 Å². The molecule has 1 nitrogen and oxygen atoms in total. The minimum atomic E-state index is -0.156. The largest absolute Gasteiger partial charge is 0.310 e. The molecule has 0 spiro atoms. The number of halogens is 1. The van der Waals surface area contributed by atoms with Crippen molar-refractivity contribution in [1.29, 1.82) is 0 Å². The molecular formula is C14H22FNS. The minimum Gasteiger partial charge on any atom is -0.310 e. The summed E-state index contributed by atoms with van der Waals surface area (Å²) in [6.45, 7) is 3.09. The zero-order valence-electron chi connectivity index (χ0n) is 10.7. The number of hydrogen-bond acceptors (Lipinski definition) is 2. The van der Waals surface area contributed by atoms with Gasteiger partial charge in [-0.05, 0) is 56.0 Å². The molecule has 0 aromatic heterocycles. The van der Waals surface area contributed by atoms with Crippen LogP contribution in [0.4, 0.5) is 4.39 Å². The van der Waals surface area contributed by atoms with E-state index < -0.39 is 0 Å². The fourth-order valence-corrected chi connectivity index (χ4v) is 2.25. The van der Waals surface area contributed by atoms with Crippen LogP contribution in [0.15, 0.2) is 24.3 Å². The Labute approximate surface area is 108 Å². The fourth-order valence-electron chi connectivity index (χ4n) is 1.76. The molecule has 1 rings (SSSR count). The summed E-state index contributed by atoms with van der Waals surface area (Å²) in [7, 11) is 0. The van der Waals surface area contributed by atoms with E-state index in [1.54, 1.807) is 12.1 Å². The van der Waals surface area contributed by atoms with Crippen molar-refractivity contribution in [2.45, 2.75) is 32.2 Å². The molecule has 0 radical (unpaired) electrons. The van der Waals surface area contributed by atoms with Crippen LogP contribution in [0, 0.1) is 5.82 Å². The Morgan fingerprint density at radius 1 is 1.29 bits per heavy atom. The van der Waals surface area contributed by atoms with Gasteiger partial charge in [-0.1, -0.05) is 18.6 Å². The highest BCUT2D eigenvalue weighted by Gasteiger charge is 2.04. The lowest BCUT2D eigenvalue weighted by Gasteiger charge is -2.14. The van der Waals surface area contributed by atoms with Gasteiger partial charge < -0.3 is 5.32 Å². The fraction of sp³-hybridized carbons (Fsp3) is 0.571. The molecule has 1 N–H and O–H groups in total. The molecule has 0 heterocycles. The molecule has 1 aromatic carbocycles. The minimum absolute atomic E-state index is 0.156. The number of unbranched alkanes of at least 4 members (excludes halogenated alkanes) is 2. The molecule has 0 fully saturated rings. The molecule has 0 bridgehead atoms. The van der Waals surface area contributed by atoms with Crippen molar-refractivity contribution in [3.05, 3.63) is 35.6 Å². The first kappa shape index (κ1) is 14.5. The average Bonchev–Trinajstić information content (AvgIpc) is 2.33. The third-order valence-electron chi connectivity index (χ3n) is 2.82. The maximum atomic E-state index is 13.0. The SMILES string of the molecule is CSCCCCCNC(C)c1cccc(F)c1. The summed E-state index contributed by atoms with van der Waals surface area (Å²) in [6, 6.07) is 7.05. The predicted molar refractivity (Wildman–Crippen MR) is 75.1 cm³/mol. The van der Waals surface area contributed by atoms with Crippen LogP contribution in [-0.4, -0.2) is 18.6 Å². The van der Waals surface area contributed by atoms with E-state index in [2.05, 4.69) is 18.5 Å². The highest BCUT2D eigenvalue weighted by atomic mass is 32.2. The molecule has 0 saturated heterocycles. The van der Waals surface area contributed by atoms with Gasteiger partial charge in [0.1, 0.15) is 5.82 Å². The van der Waals surface area contributed by atoms with Crippen LogP contribution in [0.2, 0.25) is 0 Å². The van der Waals surface area contributed by atoms with Gasteiger partial charge in [-0.15, -0.1) is 0 Å². The molecule has 0 amide bonds. The molecule has 17 heavy (non-hydrogen) atoms. The molecule has 1 aromatic rings. The summed E-state index contributed by atoms with van der Waals surface area (Å²) in [5.41, 5.74) is 1.02. The number of nitrogens with one attached hydrogen (secondary N) is 1. The maximum absolute atomic E-state index is 13.0. The first-order valence-electron chi connectivity index (χ1n) is 6.22. The van der Waals surface area contributed by atoms with E-state index in [9.17, 15) is 4.39 Å². The molecule has 0 aliphatic carbocycles. The number of rotatable bonds is 8. The summed E-state index contributed by atoms with van der Waals surface area (Å²) >= 11 is 1.90. The number of hydrogen-bond donors (Lipinski definition) is 1.